The van der Waals surface area contributed by atoms with Crippen LogP contribution in [0.25, 0.3) is 11.0 Å². The second-order valence-electron chi connectivity index (χ2n) is 7.06. The number of fused-ring (bicyclic) bond motifs is 2. The third-order valence-corrected chi connectivity index (χ3v) is 5.67. The average molecular weight is 448 g/mol. The first-order valence-electron chi connectivity index (χ1n) is 9.40. The molecule has 2 unspecified atom stereocenters. The molecule has 0 radical (unpaired) electrons. The molecule has 0 bridgehead atoms. The van der Waals surface area contributed by atoms with Gasteiger partial charge in [-0.1, -0.05) is 64.5 Å². The van der Waals surface area contributed by atoms with Crippen molar-refractivity contribution in [2.45, 2.75) is 18.6 Å². The third kappa shape index (κ3) is 3.40. The molecule has 0 fully saturated rings. The minimum Gasteiger partial charge on any atom is -0.460 e. The van der Waals surface area contributed by atoms with Gasteiger partial charge in [0.1, 0.15) is 24.4 Å². The van der Waals surface area contributed by atoms with Crippen molar-refractivity contribution in [3.63, 3.8) is 0 Å². The molecule has 2 atom stereocenters. The number of para-hydroxylation sites is 1. The van der Waals surface area contributed by atoms with Gasteiger partial charge >= 0.3 is 5.97 Å². The van der Waals surface area contributed by atoms with Gasteiger partial charge in [0.05, 0.1) is 11.0 Å². The van der Waals surface area contributed by atoms with Crippen LogP contribution in [0, 0.1) is 0 Å². The van der Waals surface area contributed by atoms with Gasteiger partial charge in [0.2, 0.25) is 0 Å². The van der Waals surface area contributed by atoms with Crippen LogP contribution in [0.15, 0.2) is 77.3 Å². The molecule has 1 aliphatic rings. The summed E-state index contributed by atoms with van der Waals surface area (Å²) in [6.07, 6.45) is 0. The number of nitrogens with one attached hydrogen (secondary N) is 2. The van der Waals surface area contributed by atoms with Crippen molar-refractivity contribution >= 4 is 38.6 Å². The molecule has 3 aromatic carbocycles. The van der Waals surface area contributed by atoms with Crippen molar-refractivity contribution in [3.8, 4) is 0 Å². The third-order valence-electron chi connectivity index (χ3n) is 5.17. The van der Waals surface area contributed by atoms with Crippen LogP contribution in [-0.2, 0) is 16.1 Å². The summed E-state index contributed by atoms with van der Waals surface area (Å²) < 4.78 is 6.66. The van der Waals surface area contributed by atoms with E-state index in [0.29, 0.717) is 0 Å². The normalized spacial score (nSPS) is 17.7. The van der Waals surface area contributed by atoms with Crippen LogP contribution in [0.5, 0.6) is 0 Å². The van der Waals surface area contributed by atoms with E-state index in [1.807, 2.05) is 72.8 Å². The number of hydrogen-bond donors (Lipinski definition) is 2. The number of rotatable bonds is 4. The molecule has 0 saturated carbocycles. The summed E-state index contributed by atoms with van der Waals surface area (Å²) in [7, 11) is 0. The fourth-order valence-electron chi connectivity index (χ4n) is 3.79. The molecule has 6 heteroatoms. The number of aromatic nitrogens is 2. The van der Waals surface area contributed by atoms with Crippen LogP contribution < -0.4 is 5.32 Å². The molecule has 144 valence electrons. The number of carbonyl (C=O) groups is 1. The molecule has 1 aliphatic heterocycles. The van der Waals surface area contributed by atoms with Crippen molar-refractivity contribution in [1.29, 1.82) is 0 Å². The van der Waals surface area contributed by atoms with E-state index >= 15 is 0 Å². The number of H-pyrrole nitrogens is 1. The summed E-state index contributed by atoms with van der Waals surface area (Å²) in [6.45, 7) is 0.248. The van der Waals surface area contributed by atoms with Crippen LogP contribution >= 0.6 is 15.9 Å². The predicted molar refractivity (Wildman–Crippen MR) is 116 cm³/mol. The predicted octanol–water partition coefficient (Wildman–Crippen LogP) is 5.32. The van der Waals surface area contributed by atoms with E-state index < -0.39 is 5.92 Å². The Kier molecular flexibility index (Phi) is 4.56. The lowest BCUT2D eigenvalue weighted by atomic mass is 9.94. The highest BCUT2D eigenvalue weighted by Gasteiger charge is 2.41. The number of anilines is 1. The minimum absolute atomic E-state index is 0.248. The van der Waals surface area contributed by atoms with Crippen molar-refractivity contribution in [2.75, 3.05) is 5.32 Å². The molecule has 1 aromatic heterocycles. The van der Waals surface area contributed by atoms with Gasteiger partial charge in [0.15, 0.2) is 0 Å². The maximum absolute atomic E-state index is 13.1. The Balaban J connectivity index is 1.47. The topological polar surface area (TPSA) is 67.0 Å². The molecule has 0 spiro atoms. The van der Waals surface area contributed by atoms with Crippen LogP contribution in [0.3, 0.4) is 0 Å². The number of hydrogen-bond acceptors (Lipinski definition) is 4. The zero-order chi connectivity index (χ0) is 19.8. The fourth-order valence-corrected chi connectivity index (χ4v) is 4.15. The summed E-state index contributed by atoms with van der Waals surface area (Å²) in [5.74, 6) is -0.0205. The summed E-state index contributed by atoms with van der Waals surface area (Å²) in [6, 6.07) is 23.1. The number of aromatic amines is 1. The van der Waals surface area contributed by atoms with E-state index in [-0.39, 0.29) is 18.6 Å². The van der Waals surface area contributed by atoms with E-state index in [4.69, 9.17) is 9.72 Å². The van der Waals surface area contributed by atoms with Gasteiger partial charge in [0.25, 0.3) is 0 Å². The highest BCUT2D eigenvalue weighted by atomic mass is 79.9. The Morgan fingerprint density at radius 2 is 1.83 bits per heavy atom. The van der Waals surface area contributed by atoms with E-state index in [1.54, 1.807) is 0 Å². The largest absolute Gasteiger partial charge is 0.460 e. The number of halogens is 1. The number of ether oxygens (including phenoxy) is 1. The van der Waals surface area contributed by atoms with Crippen molar-refractivity contribution in [2.24, 2.45) is 0 Å². The quantitative estimate of drug-likeness (QED) is 0.415. The first-order valence-corrected chi connectivity index (χ1v) is 10.2. The molecule has 0 amide bonds. The van der Waals surface area contributed by atoms with Crippen molar-refractivity contribution < 1.29 is 9.53 Å². The number of esters is 1. The molecular weight excluding hydrogens is 430 g/mol. The molecule has 4 aromatic rings. The van der Waals surface area contributed by atoms with Gasteiger partial charge in [-0.15, -0.1) is 0 Å². The maximum atomic E-state index is 13.1. The number of nitrogens with zero attached hydrogens (tertiary/aromatic N) is 1. The lowest BCUT2D eigenvalue weighted by Gasteiger charge is -2.17. The van der Waals surface area contributed by atoms with Crippen LogP contribution in [0.2, 0.25) is 0 Å². The first kappa shape index (κ1) is 17.9. The Morgan fingerprint density at radius 3 is 2.69 bits per heavy atom. The zero-order valence-electron chi connectivity index (χ0n) is 15.4. The highest BCUT2D eigenvalue weighted by Crippen LogP contribution is 2.44. The number of benzene rings is 3. The SMILES string of the molecule is O=C(OCc1ccccc1)C1c2ccccc2NC1c1nc2ccc(Br)cc2[nH]1. The van der Waals surface area contributed by atoms with Crippen LogP contribution in [0.4, 0.5) is 5.69 Å². The Morgan fingerprint density at radius 1 is 1.03 bits per heavy atom. The lowest BCUT2D eigenvalue weighted by molar-refractivity contribution is -0.147. The molecule has 2 heterocycles. The Bertz CT molecular complexity index is 1190. The monoisotopic (exact) mass is 447 g/mol. The zero-order valence-corrected chi connectivity index (χ0v) is 17.0. The minimum atomic E-state index is -0.473. The average Bonchev–Trinajstić information content (AvgIpc) is 3.33. The Hall–Kier alpha value is -3.12. The lowest BCUT2D eigenvalue weighted by Crippen LogP contribution is -2.22. The van der Waals surface area contributed by atoms with Gasteiger partial charge in [-0.2, -0.15) is 0 Å². The second kappa shape index (κ2) is 7.37. The standard InChI is InChI=1S/C23H18BrN3O2/c24-15-10-11-18-19(12-15)27-22(26-18)21-20(16-8-4-5-9-17(16)25-21)23(28)29-13-14-6-2-1-3-7-14/h1-12,20-21,25H,13H2,(H,26,27). The molecule has 29 heavy (non-hydrogen) atoms. The van der Waals surface area contributed by atoms with E-state index in [9.17, 15) is 4.79 Å². The first-order chi connectivity index (χ1) is 14.2. The van der Waals surface area contributed by atoms with Crippen molar-refractivity contribution in [3.05, 3.63) is 94.2 Å². The van der Waals surface area contributed by atoms with Crippen LogP contribution in [-0.4, -0.2) is 15.9 Å². The molecular formula is C23H18BrN3O2. The van der Waals surface area contributed by atoms with Gasteiger partial charge in [-0.3, -0.25) is 4.79 Å². The summed E-state index contributed by atoms with van der Waals surface area (Å²) in [5.41, 5.74) is 4.60. The van der Waals surface area contributed by atoms with E-state index in [1.165, 1.54) is 0 Å². The van der Waals surface area contributed by atoms with E-state index in [2.05, 4.69) is 26.2 Å². The van der Waals surface area contributed by atoms with Gasteiger partial charge in [0, 0.05) is 10.2 Å². The summed E-state index contributed by atoms with van der Waals surface area (Å²) in [5, 5.41) is 3.45. The maximum Gasteiger partial charge on any atom is 0.316 e. The summed E-state index contributed by atoms with van der Waals surface area (Å²) >= 11 is 3.49. The molecule has 2 N–H and O–H groups in total. The van der Waals surface area contributed by atoms with Crippen molar-refractivity contribution in [1.82, 2.24) is 9.97 Å². The molecule has 0 aliphatic carbocycles. The fraction of sp³-hybridized carbons (Fsp3) is 0.130. The smallest absolute Gasteiger partial charge is 0.316 e. The number of carbonyl (C=O) groups excluding carboxylic acids is 1. The Labute approximate surface area is 176 Å². The molecule has 5 nitrogen and oxygen atoms in total. The van der Waals surface area contributed by atoms with Crippen LogP contribution in [0.1, 0.15) is 28.9 Å². The number of imidazole rings is 1. The molecule has 5 rings (SSSR count). The van der Waals surface area contributed by atoms with E-state index in [0.717, 1.165) is 38.1 Å². The van der Waals surface area contributed by atoms with Gasteiger partial charge in [-0.05, 0) is 35.4 Å². The highest BCUT2D eigenvalue weighted by molar-refractivity contribution is 9.10. The van der Waals surface area contributed by atoms with Gasteiger partial charge in [-0.25, -0.2) is 4.98 Å². The molecule has 0 saturated heterocycles. The summed E-state index contributed by atoms with van der Waals surface area (Å²) in [4.78, 5) is 21.2. The van der Waals surface area contributed by atoms with Gasteiger partial charge < -0.3 is 15.0 Å². The second-order valence-corrected chi connectivity index (χ2v) is 7.98.